The minimum Gasteiger partial charge on any atom is -0.347 e. The van der Waals surface area contributed by atoms with Crippen LogP contribution in [0.2, 0.25) is 0 Å². The van der Waals surface area contributed by atoms with Crippen molar-refractivity contribution in [2.45, 2.75) is 40.7 Å². The Bertz CT molecular complexity index is 491. The molecule has 0 aliphatic heterocycles. The molecule has 92 valence electrons. The van der Waals surface area contributed by atoms with Crippen molar-refractivity contribution in [1.82, 2.24) is 4.57 Å². The van der Waals surface area contributed by atoms with Gasteiger partial charge >= 0.3 is 0 Å². The molecule has 2 aromatic rings. The molecule has 2 rings (SSSR count). The van der Waals surface area contributed by atoms with Gasteiger partial charge in [-0.25, -0.2) is 0 Å². The van der Waals surface area contributed by atoms with E-state index in [-0.39, 0.29) is 0 Å². The van der Waals surface area contributed by atoms with Crippen LogP contribution < -0.4 is 0 Å². The van der Waals surface area contributed by atoms with Crippen LogP contribution in [-0.2, 0) is 13.0 Å². The van der Waals surface area contributed by atoms with Gasteiger partial charge in [-0.2, -0.15) is 0 Å². The minimum absolute atomic E-state index is 0.695. The molecule has 0 radical (unpaired) electrons. The van der Waals surface area contributed by atoms with Crippen molar-refractivity contribution in [1.29, 1.82) is 0 Å². The summed E-state index contributed by atoms with van der Waals surface area (Å²) in [7, 11) is 0. The number of fused-ring (bicyclic) bond motifs is 1. The van der Waals surface area contributed by atoms with E-state index < -0.39 is 0 Å². The molecule has 0 spiro atoms. The van der Waals surface area contributed by atoms with Gasteiger partial charge in [0.15, 0.2) is 0 Å². The van der Waals surface area contributed by atoms with E-state index in [0.29, 0.717) is 5.92 Å². The number of aromatic nitrogens is 1. The van der Waals surface area contributed by atoms with Gasteiger partial charge in [-0.3, -0.25) is 0 Å². The fourth-order valence-electron chi connectivity index (χ4n) is 2.40. The Labute approximate surface area is 104 Å². The summed E-state index contributed by atoms with van der Waals surface area (Å²) in [5, 5.41) is 1.38. The topological polar surface area (TPSA) is 4.93 Å². The summed E-state index contributed by atoms with van der Waals surface area (Å²) >= 11 is 0. The van der Waals surface area contributed by atoms with Gasteiger partial charge in [-0.05, 0) is 47.4 Å². The highest BCUT2D eigenvalue weighted by Crippen LogP contribution is 2.20. The Morgan fingerprint density at radius 2 is 1.76 bits per heavy atom. The maximum atomic E-state index is 2.36. The Morgan fingerprint density at radius 3 is 2.41 bits per heavy atom. The highest BCUT2D eigenvalue weighted by Gasteiger charge is 2.04. The smallest absolute Gasteiger partial charge is 0.0480 e. The third-order valence-electron chi connectivity index (χ3n) is 3.04. The molecule has 1 heterocycles. The highest BCUT2D eigenvalue weighted by molar-refractivity contribution is 5.80. The van der Waals surface area contributed by atoms with E-state index in [1.54, 1.807) is 0 Å². The SMILES string of the molecule is CC(C)Cc1ccc2c(ccn2CC(C)C)c1. The summed E-state index contributed by atoms with van der Waals surface area (Å²) in [5.74, 6) is 1.42. The molecule has 0 amide bonds. The molecule has 0 aliphatic rings. The maximum Gasteiger partial charge on any atom is 0.0480 e. The molecule has 0 atom stereocenters. The molecule has 1 heteroatoms. The van der Waals surface area contributed by atoms with Gasteiger partial charge in [0.2, 0.25) is 0 Å². The second kappa shape index (κ2) is 4.95. The summed E-state index contributed by atoms with van der Waals surface area (Å²) in [5.41, 5.74) is 2.82. The highest BCUT2D eigenvalue weighted by atomic mass is 15.0. The molecular formula is C16H23N. The fraction of sp³-hybridized carbons (Fsp3) is 0.500. The number of rotatable bonds is 4. The molecule has 0 N–H and O–H groups in total. The standard InChI is InChI=1S/C16H23N/c1-12(2)9-14-5-6-16-15(10-14)7-8-17(16)11-13(3)4/h5-8,10,12-13H,9,11H2,1-4H3. The van der Waals surface area contributed by atoms with Gasteiger partial charge in [0.05, 0.1) is 0 Å². The molecule has 0 fully saturated rings. The van der Waals surface area contributed by atoms with Crippen molar-refractivity contribution < 1.29 is 0 Å². The van der Waals surface area contributed by atoms with E-state index in [9.17, 15) is 0 Å². The lowest BCUT2D eigenvalue weighted by Gasteiger charge is -2.09. The van der Waals surface area contributed by atoms with E-state index in [0.717, 1.165) is 12.5 Å². The first-order chi connectivity index (χ1) is 8.06. The van der Waals surface area contributed by atoms with E-state index in [1.165, 1.54) is 22.9 Å². The largest absolute Gasteiger partial charge is 0.347 e. The molecule has 0 unspecified atom stereocenters. The summed E-state index contributed by atoms with van der Waals surface area (Å²) < 4.78 is 2.36. The third-order valence-corrected chi connectivity index (χ3v) is 3.04. The average Bonchev–Trinajstić information content (AvgIpc) is 2.59. The number of nitrogens with zero attached hydrogens (tertiary/aromatic N) is 1. The first-order valence-corrected chi connectivity index (χ1v) is 6.64. The monoisotopic (exact) mass is 229 g/mol. The maximum absolute atomic E-state index is 2.36. The predicted molar refractivity (Wildman–Crippen MR) is 75.3 cm³/mol. The second-order valence-electron chi connectivity index (χ2n) is 5.85. The van der Waals surface area contributed by atoms with Crippen LogP contribution in [0.5, 0.6) is 0 Å². The zero-order chi connectivity index (χ0) is 12.4. The minimum atomic E-state index is 0.695. The van der Waals surface area contributed by atoms with Crippen LogP contribution in [0.15, 0.2) is 30.5 Å². The lowest BCUT2D eigenvalue weighted by atomic mass is 10.0. The lowest BCUT2D eigenvalue weighted by Crippen LogP contribution is -2.02. The molecular weight excluding hydrogens is 206 g/mol. The molecule has 0 bridgehead atoms. The Hall–Kier alpha value is -1.24. The fourth-order valence-corrected chi connectivity index (χ4v) is 2.40. The predicted octanol–water partition coefficient (Wildman–Crippen LogP) is 4.50. The lowest BCUT2D eigenvalue weighted by molar-refractivity contribution is 0.535. The quantitative estimate of drug-likeness (QED) is 0.727. The third kappa shape index (κ3) is 2.91. The summed E-state index contributed by atoms with van der Waals surface area (Å²) in [4.78, 5) is 0. The van der Waals surface area contributed by atoms with E-state index in [2.05, 4.69) is 62.7 Å². The molecule has 17 heavy (non-hydrogen) atoms. The summed E-state index contributed by atoms with van der Waals surface area (Å²) in [6, 6.07) is 9.13. The Balaban J connectivity index is 2.31. The van der Waals surface area contributed by atoms with Gasteiger partial charge < -0.3 is 4.57 Å². The molecule has 0 saturated carbocycles. The van der Waals surface area contributed by atoms with Crippen LogP contribution in [-0.4, -0.2) is 4.57 Å². The zero-order valence-electron chi connectivity index (χ0n) is 11.4. The van der Waals surface area contributed by atoms with Gasteiger partial charge in [-0.1, -0.05) is 33.8 Å². The zero-order valence-corrected chi connectivity index (χ0v) is 11.4. The van der Waals surface area contributed by atoms with E-state index in [1.807, 2.05) is 0 Å². The normalized spacial score (nSPS) is 11.9. The van der Waals surface area contributed by atoms with Crippen molar-refractivity contribution >= 4 is 10.9 Å². The van der Waals surface area contributed by atoms with Crippen LogP contribution in [0.4, 0.5) is 0 Å². The summed E-state index contributed by atoms with van der Waals surface area (Å²) in [6.45, 7) is 10.2. The Kier molecular flexibility index (Phi) is 3.56. The molecule has 1 aromatic heterocycles. The van der Waals surface area contributed by atoms with Gasteiger partial charge in [0.1, 0.15) is 0 Å². The van der Waals surface area contributed by atoms with Crippen molar-refractivity contribution in [2.75, 3.05) is 0 Å². The van der Waals surface area contributed by atoms with Crippen LogP contribution in [0.25, 0.3) is 10.9 Å². The first kappa shape index (κ1) is 12.2. The van der Waals surface area contributed by atoms with Crippen molar-refractivity contribution in [3.63, 3.8) is 0 Å². The van der Waals surface area contributed by atoms with Gasteiger partial charge in [0.25, 0.3) is 0 Å². The number of hydrogen-bond donors (Lipinski definition) is 0. The molecule has 1 aromatic carbocycles. The second-order valence-corrected chi connectivity index (χ2v) is 5.85. The molecule has 0 aliphatic carbocycles. The van der Waals surface area contributed by atoms with Crippen LogP contribution in [0.1, 0.15) is 33.3 Å². The van der Waals surface area contributed by atoms with Crippen LogP contribution >= 0.6 is 0 Å². The summed E-state index contributed by atoms with van der Waals surface area (Å²) in [6.07, 6.45) is 3.38. The van der Waals surface area contributed by atoms with Crippen molar-refractivity contribution in [3.8, 4) is 0 Å². The van der Waals surface area contributed by atoms with Crippen LogP contribution in [0, 0.1) is 11.8 Å². The van der Waals surface area contributed by atoms with Crippen molar-refractivity contribution in [2.24, 2.45) is 11.8 Å². The van der Waals surface area contributed by atoms with E-state index in [4.69, 9.17) is 0 Å². The average molecular weight is 229 g/mol. The van der Waals surface area contributed by atoms with Gasteiger partial charge in [-0.15, -0.1) is 0 Å². The molecule has 0 saturated heterocycles. The first-order valence-electron chi connectivity index (χ1n) is 6.64. The van der Waals surface area contributed by atoms with E-state index >= 15 is 0 Å². The Morgan fingerprint density at radius 1 is 1.00 bits per heavy atom. The number of hydrogen-bond acceptors (Lipinski definition) is 0. The van der Waals surface area contributed by atoms with Crippen molar-refractivity contribution in [3.05, 3.63) is 36.0 Å². The number of benzene rings is 1. The van der Waals surface area contributed by atoms with Crippen LogP contribution in [0.3, 0.4) is 0 Å². The molecule has 1 nitrogen and oxygen atoms in total. The van der Waals surface area contributed by atoms with Gasteiger partial charge in [0, 0.05) is 18.3 Å².